The van der Waals surface area contributed by atoms with E-state index in [0.29, 0.717) is 5.56 Å². The number of nitrogens with two attached hydrogens (primary N) is 1. The van der Waals surface area contributed by atoms with Crippen molar-refractivity contribution in [1.82, 2.24) is 4.72 Å². The number of halogens is 1. The maximum Gasteiger partial charge on any atom is 0.245 e. The monoisotopic (exact) mass is 310 g/mol. The zero-order valence-electron chi connectivity index (χ0n) is 11.1. The molecule has 0 spiro atoms. The lowest BCUT2D eigenvalue weighted by Crippen LogP contribution is -2.25. The fourth-order valence-electron chi connectivity index (χ4n) is 1.82. The predicted molar refractivity (Wildman–Crippen MR) is 77.2 cm³/mol. The van der Waals surface area contributed by atoms with Crippen molar-refractivity contribution in [2.24, 2.45) is 0 Å². The number of benzene rings is 2. The van der Waals surface area contributed by atoms with Gasteiger partial charge in [0.05, 0.1) is 12.3 Å². The Morgan fingerprint density at radius 1 is 1.10 bits per heavy atom. The van der Waals surface area contributed by atoms with Gasteiger partial charge in [0.25, 0.3) is 0 Å². The molecule has 2 aromatic rings. The lowest BCUT2D eigenvalue weighted by atomic mass is 10.1. The summed E-state index contributed by atoms with van der Waals surface area (Å²) in [5.74, 6) is -0.891. The highest BCUT2D eigenvalue weighted by atomic mass is 32.2. The van der Waals surface area contributed by atoms with Gasteiger partial charge in [0.1, 0.15) is 10.7 Å². The van der Waals surface area contributed by atoms with E-state index >= 15 is 0 Å². The second-order valence-corrected chi connectivity index (χ2v) is 6.16. The van der Waals surface area contributed by atoms with E-state index in [1.54, 1.807) is 24.3 Å². The summed E-state index contributed by atoms with van der Waals surface area (Å²) in [5.41, 5.74) is 6.79. The molecule has 0 bridgehead atoms. The maximum absolute atomic E-state index is 13.6. The molecule has 0 aliphatic rings. The quantitative estimate of drug-likeness (QED) is 0.727. The molecule has 0 aliphatic carbocycles. The largest absolute Gasteiger partial charge is 0.398 e. The van der Waals surface area contributed by atoms with Crippen molar-refractivity contribution < 1.29 is 17.9 Å². The van der Waals surface area contributed by atoms with Crippen LogP contribution in [0.3, 0.4) is 0 Å². The number of anilines is 1. The van der Waals surface area contributed by atoms with Crippen LogP contribution in [-0.4, -0.2) is 13.5 Å². The second-order valence-electron chi connectivity index (χ2n) is 4.46. The van der Waals surface area contributed by atoms with Crippen LogP contribution in [0.15, 0.2) is 47.4 Å². The van der Waals surface area contributed by atoms with Crippen molar-refractivity contribution in [2.45, 2.75) is 18.0 Å². The van der Waals surface area contributed by atoms with Gasteiger partial charge in [-0.25, -0.2) is 17.5 Å². The van der Waals surface area contributed by atoms with E-state index in [2.05, 4.69) is 4.72 Å². The molecule has 0 fully saturated rings. The summed E-state index contributed by atoms with van der Waals surface area (Å²) in [6.45, 7) is -0.0837. The van der Waals surface area contributed by atoms with Gasteiger partial charge in [-0.3, -0.25) is 0 Å². The van der Waals surface area contributed by atoms with Crippen molar-refractivity contribution in [2.75, 3.05) is 5.73 Å². The molecule has 0 atom stereocenters. The van der Waals surface area contributed by atoms with E-state index in [9.17, 15) is 12.8 Å². The van der Waals surface area contributed by atoms with Crippen LogP contribution in [0, 0.1) is 5.82 Å². The first-order valence-electron chi connectivity index (χ1n) is 6.16. The third-order valence-corrected chi connectivity index (χ3v) is 4.43. The Bertz CT molecular complexity index is 710. The van der Waals surface area contributed by atoms with Crippen LogP contribution in [0.25, 0.3) is 0 Å². The number of hydrogen-bond donors (Lipinski definition) is 3. The number of rotatable bonds is 5. The van der Waals surface area contributed by atoms with Crippen molar-refractivity contribution in [3.8, 4) is 0 Å². The summed E-state index contributed by atoms with van der Waals surface area (Å²) in [7, 11) is -4.03. The molecule has 0 saturated carbocycles. The van der Waals surface area contributed by atoms with Crippen molar-refractivity contribution in [3.05, 3.63) is 59.4 Å². The van der Waals surface area contributed by atoms with E-state index in [1.807, 2.05) is 0 Å². The summed E-state index contributed by atoms with van der Waals surface area (Å²) >= 11 is 0. The molecule has 0 aromatic heterocycles. The Kier molecular flexibility index (Phi) is 4.56. The summed E-state index contributed by atoms with van der Waals surface area (Å²) < 4.78 is 40.1. The topological polar surface area (TPSA) is 92.4 Å². The van der Waals surface area contributed by atoms with E-state index in [-0.39, 0.29) is 18.8 Å². The highest BCUT2D eigenvalue weighted by Crippen LogP contribution is 2.21. The van der Waals surface area contributed by atoms with Gasteiger partial charge in [0.15, 0.2) is 0 Å². The Morgan fingerprint density at radius 3 is 2.29 bits per heavy atom. The number of aliphatic hydroxyl groups excluding tert-OH is 1. The molecule has 0 unspecified atom stereocenters. The summed E-state index contributed by atoms with van der Waals surface area (Å²) in [6.07, 6.45) is 0. The van der Waals surface area contributed by atoms with Crippen LogP contribution in [0.4, 0.5) is 10.1 Å². The first-order chi connectivity index (χ1) is 9.94. The highest BCUT2D eigenvalue weighted by Gasteiger charge is 2.21. The summed E-state index contributed by atoms with van der Waals surface area (Å²) in [6, 6.07) is 10.4. The Labute approximate surface area is 122 Å². The van der Waals surface area contributed by atoms with Gasteiger partial charge in [-0.1, -0.05) is 30.3 Å². The first-order valence-corrected chi connectivity index (χ1v) is 7.64. The van der Waals surface area contributed by atoms with Crippen molar-refractivity contribution in [3.63, 3.8) is 0 Å². The average molecular weight is 310 g/mol. The van der Waals surface area contributed by atoms with Crippen LogP contribution < -0.4 is 10.5 Å². The highest BCUT2D eigenvalue weighted by molar-refractivity contribution is 7.89. The third kappa shape index (κ3) is 3.57. The SMILES string of the molecule is Nc1cccc(F)c1S(=O)(=O)NCc1ccc(CO)cc1. The zero-order valence-corrected chi connectivity index (χ0v) is 11.9. The summed E-state index contributed by atoms with van der Waals surface area (Å²) in [5, 5.41) is 8.93. The summed E-state index contributed by atoms with van der Waals surface area (Å²) in [4.78, 5) is -0.544. The maximum atomic E-state index is 13.6. The lowest BCUT2D eigenvalue weighted by Gasteiger charge is -2.10. The van der Waals surface area contributed by atoms with Crippen LogP contribution >= 0.6 is 0 Å². The fraction of sp³-hybridized carbons (Fsp3) is 0.143. The number of nitrogen functional groups attached to an aromatic ring is 1. The smallest absolute Gasteiger partial charge is 0.245 e. The molecule has 0 aliphatic heterocycles. The minimum atomic E-state index is -4.03. The molecule has 2 rings (SSSR count). The molecule has 112 valence electrons. The standard InChI is InChI=1S/C14H15FN2O3S/c15-12-2-1-3-13(16)14(12)21(19,20)17-8-10-4-6-11(9-18)7-5-10/h1-7,17-18H,8-9,16H2. The molecule has 0 amide bonds. The number of hydrogen-bond acceptors (Lipinski definition) is 4. The zero-order chi connectivity index (χ0) is 15.5. The van der Waals surface area contributed by atoms with Gasteiger partial charge in [-0.05, 0) is 23.3 Å². The van der Waals surface area contributed by atoms with Gasteiger partial charge in [0, 0.05) is 6.54 Å². The normalized spacial score (nSPS) is 11.5. The third-order valence-electron chi connectivity index (χ3n) is 2.94. The van der Waals surface area contributed by atoms with Gasteiger partial charge in [0.2, 0.25) is 10.0 Å². The molecule has 0 heterocycles. The molecule has 21 heavy (non-hydrogen) atoms. The molecular formula is C14H15FN2O3S. The van der Waals surface area contributed by atoms with E-state index in [4.69, 9.17) is 10.8 Å². The van der Waals surface area contributed by atoms with Gasteiger partial charge < -0.3 is 10.8 Å². The number of sulfonamides is 1. The van der Waals surface area contributed by atoms with Crippen molar-refractivity contribution in [1.29, 1.82) is 0 Å². The molecule has 7 heteroatoms. The minimum absolute atomic E-state index is 0.00180. The molecule has 0 saturated heterocycles. The predicted octanol–water partition coefficient (Wildman–Crippen LogP) is 1.38. The van der Waals surface area contributed by atoms with E-state index in [0.717, 1.165) is 11.6 Å². The van der Waals surface area contributed by atoms with E-state index in [1.165, 1.54) is 12.1 Å². The lowest BCUT2D eigenvalue weighted by molar-refractivity contribution is 0.282. The molecular weight excluding hydrogens is 295 g/mol. The van der Waals surface area contributed by atoms with Gasteiger partial charge in [-0.15, -0.1) is 0 Å². The number of aliphatic hydroxyl groups is 1. The minimum Gasteiger partial charge on any atom is -0.398 e. The van der Waals surface area contributed by atoms with Crippen LogP contribution in [0.2, 0.25) is 0 Å². The molecule has 4 N–H and O–H groups in total. The molecule has 0 radical (unpaired) electrons. The average Bonchev–Trinajstić information content (AvgIpc) is 2.45. The van der Waals surface area contributed by atoms with Gasteiger partial charge >= 0.3 is 0 Å². The Hall–Kier alpha value is -1.96. The van der Waals surface area contributed by atoms with E-state index < -0.39 is 20.7 Å². The molecule has 2 aromatic carbocycles. The fourth-order valence-corrected chi connectivity index (χ4v) is 3.03. The van der Waals surface area contributed by atoms with Gasteiger partial charge in [-0.2, -0.15) is 0 Å². The first kappa shape index (κ1) is 15.4. The van der Waals surface area contributed by atoms with Crippen LogP contribution in [-0.2, 0) is 23.2 Å². The van der Waals surface area contributed by atoms with Crippen molar-refractivity contribution >= 4 is 15.7 Å². The van der Waals surface area contributed by atoms with Crippen LogP contribution in [0.5, 0.6) is 0 Å². The Balaban J connectivity index is 2.18. The molecule has 5 nitrogen and oxygen atoms in total. The second kappa shape index (κ2) is 6.21. The van der Waals surface area contributed by atoms with Crippen LogP contribution in [0.1, 0.15) is 11.1 Å². The Morgan fingerprint density at radius 2 is 1.71 bits per heavy atom. The number of nitrogens with one attached hydrogen (secondary N) is 1.